The molecule has 0 amide bonds. The van der Waals surface area contributed by atoms with Gasteiger partial charge in [-0.2, -0.15) is 0 Å². The summed E-state index contributed by atoms with van der Waals surface area (Å²) in [4.78, 5) is 6.56. The number of nitrogens with zero attached hydrogens (tertiary/aromatic N) is 2. The zero-order valence-corrected chi connectivity index (χ0v) is 8.51. The largest absolute Gasteiger partial charge is 0.366 e. The highest BCUT2D eigenvalue weighted by atomic mass is 15.2. The summed E-state index contributed by atoms with van der Waals surface area (Å²) in [6.07, 6.45) is 10.2. The van der Waals surface area contributed by atoms with Crippen molar-refractivity contribution in [1.29, 1.82) is 0 Å². The Hall–Kier alpha value is -1.57. The molecular formula is C12H14N2. The number of allylic oxidation sites excluding steroid dienone is 2. The van der Waals surface area contributed by atoms with Crippen molar-refractivity contribution in [3.8, 4) is 0 Å². The molecule has 1 aromatic rings. The maximum atomic E-state index is 4.40. The molecule has 2 rings (SSSR count). The van der Waals surface area contributed by atoms with E-state index in [1.807, 2.05) is 24.4 Å². The van der Waals surface area contributed by atoms with Gasteiger partial charge in [-0.25, -0.2) is 0 Å². The number of hydrogen-bond acceptors (Lipinski definition) is 2. The smallest absolute Gasteiger partial charge is 0.0973 e. The fourth-order valence-corrected chi connectivity index (χ4v) is 1.62. The molecule has 1 aliphatic rings. The van der Waals surface area contributed by atoms with E-state index in [-0.39, 0.29) is 5.54 Å². The highest BCUT2D eigenvalue weighted by molar-refractivity contribution is 5.28. The zero-order valence-electron chi connectivity index (χ0n) is 8.51. The summed E-state index contributed by atoms with van der Waals surface area (Å²) in [5.41, 5.74) is 0.957. The van der Waals surface area contributed by atoms with Crippen LogP contribution >= 0.6 is 0 Å². The lowest BCUT2D eigenvalue weighted by Gasteiger charge is -2.36. The Morgan fingerprint density at radius 1 is 1.29 bits per heavy atom. The molecule has 1 aromatic heterocycles. The van der Waals surface area contributed by atoms with Crippen LogP contribution < -0.4 is 0 Å². The molecule has 72 valence electrons. The molecule has 1 atom stereocenters. The van der Waals surface area contributed by atoms with Crippen LogP contribution in [0.15, 0.2) is 48.8 Å². The van der Waals surface area contributed by atoms with Crippen molar-refractivity contribution in [2.45, 2.75) is 12.5 Å². The average molecular weight is 186 g/mol. The summed E-state index contributed by atoms with van der Waals surface area (Å²) >= 11 is 0. The van der Waals surface area contributed by atoms with Crippen molar-refractivity contribution >= 4 is 0 Å². The topological polar surface area (TPSA) is 16.1 Å². The van der Waals surface area contributed by atoms with E-state index >= 15 is 0 Å². The van der Waals surface area contributed by atoms with Crippen LogP contribution in [0.3, 0.4) is 0 Å². The molecule has 0 bridgehead atoms. The number of aromatic nitrogens is 1. The SMILES string of the molecule is CN1C=CC=CC1(C)c1ccccn1. The van der Waals surface area contributed by atoms with Crippen LogP contribution in [0.1, 0.15) is 12.6 Å². The van der Waals surface area contributed by atoms with Crippen molar-refractivity contribution < 1.29 is 0 Å². The van der Waals surface area contributed by atoms with Crippen molar-refractivity contribution in [2.75, 3.05) is 7.05 Å². The maximum Gasteiger partial charge on any atom is 0.0973 e. The second-order valence-corrected chi connectivity index (χ2v) is 3.67. The van der Waals surface area contributed by atoms with Crippen molar-refractivity contribution in [3.05, 3.63) is 54.5 Å². The molecule has 0 aromatic carbocycles. The van der Waals surface area contributed by atoms with Gasteiger partial charge >= 0.3 is 0 Å². The van der Waals surface area contributed by atoms with E-state index in [2.05, 4.69) is 48.3 Å². The Morgan fingerprint density at radius 3 is 2.79 bits per heavy atom. The Labute approximate surface area is 84.6 Å². The molecule has 0 saturated heterocycles. The van der Waals surface area contributed by atoms with Gasteiger partial charge in [-0.1, -0.05) is 18.2 Å². The van der Waals surface area contributed by atoms with Crippen molar-refractivity contribution in [2.24, 2.45) is 0 Å². The fraction of sp³-hybridized carbons (Fsp3) is 0.250. The summed E-state index contributed by atoms with van der Waals surface area (Å²) in [5, 5.41) is 0. The van der Waals surface area contributed by atoms with Gasteiger partial charge in [0.15, 0.2) is 0 Å². The normalized spacial score (nSPS) is 25.4. The first-order chi connectivity index (χ1) is 6.73. The van der Waals surface area contributed by atoms with Crippen LogP contribution in [-0.4, -0.2) is 16.9 Å². The highest BCUT2D eigenvalue weighted by Crippen LogP contribution is 2.29. The first-order valence-corrected chi connectivity index (χ1v) is 4.74. The van der Waals surface area contributed by atoms with Crippen molar-refractivity contribution in [3.63, 3.8) is 0 Å². The van der Waals surface area contributed by atoms with E-state index in [0.717, 1.165) is 5.69 Å². The molecule has 2 heteroatoms. The Balaban J connectivity index is 2.42. The van der Waals surface area contributed by atoms with E-state index < -0.39 is 0 Å². The molecule has 0 N–H and O–H groups in total. The van der Waals surface area contributed by atoms with Gasteiger partial charge in [0.25, 0.3) is 0 Å². The second-order valence-electron chi connectivity index (χ2n) is 3.67. The van der Waals surface area contributed by atoms with Crippen molar-refractivity contribution in [1.82, 2.24) is 9.88 Å². The third-order valence-electron chi connectivity index (χ3n) is 2.76. The van der Waals surface area contributed by atoms with E-state index in [0.29, 0.717) is 0 Å². The molecule has 2 heterocycles. The third kappa shape index (κ3) is 1.33. The van der Waals surface area contributed by atoms with E-state index in [1.165, 1.54) is 0 Å². The van der Waals surface area contributed by atoms with Crippen LogP contribution in [0.2, 0.25) is 0 Å². The molecule has 0 spiro atoms. The molecule has 0 aliphatic carbocycles. The fourth-order valence-electron chi connectivity index (χ4n) is 1.62. The quantitative estimate of drug-likeness (QED) is 0.669. The number of pyridine rings is 1. The van der Waals surface area contributed by atoms with Gasteiger partial charge in [-0.3, -0.25) is 4.98 Å². The molecule has 1 aliphatic heterocycles. The molecule has 0 saturated carbocycles. The lowest BCUT2D eigenvalue weighted by atomic mass is 9.93. The lowest BCUT2D eigenvalue weighted by molar-refractivity contribution is 0.255. The first-order valence-electron chi connectivity index (χ1n) is 4.74. The summed E-state index contributed by atoms with van der Waals surface area (Å²) in [6.45, 7) is 2.16. The van der Waals surface area contributed by atoms with Gasteiger partial charge in [0.2, 0.25) is 0 Å². The molecule has 14 heavy (non-hydrogen) atoms. The van der Waals surface area contributed by atoms with E-state index in [9.17, 15) is 0 Å². The summed E-state index contributed by atoms with van der Waals surface area (Å²) in [5.74, 6) is 0. The standard InChI is InChI=1S/C12H14N2/c1-12(8-4-6-10-14(12)2)11-7-3-5-9-13-11/h3-10H,1-2H3. The summed E-state index contributed by atoms with van der Waals surface area (Å²) < 4.78 is 0. The molecule has 1 unspecified atom stereocenters. The van der Waals surface area contributed by atoms with E-state index in [4.69, 9.17) is 0 Å². The van der Waals surface area contributed by atoms with E-state index in [1.54, 1.807) is 0 Å². The average Bonchev–Trinajstić information content (AvgIpc) is 2.24. The molecule has 0 fully saturated rings. The van der Waals surface area contributed by atoms with Crippen LogP contribution in [0.5, 0.6) is 0 Å². The maximum absolute atomic E-state index is 4.40. The Kier molecular flexibility index (Phi) is 2.12. The van der Waals surface area contributed by atoms with Gasteiger partial charge < -0.3 is 4.90 Å². The Morgan fingerprint density at radius 2 is 2.14 bits per heavy atom. The summed E-state index contributed by atoms with van der Waals surface area (Å²) in [7, 11) is 2.06. The van der Waals surface area contributed by atoms with Crippen LogP contribution in [0, 0.1) is 0 Å². The minimum atomic E-state index is -0.115. The number of rotatable bonds is 1. The van der Waals surface area contributed by atoms with Gasteiger partial charge in [-0.05, 0) is 31.3 Å². The predicted octanol–water partition coefficient (Wildman–Crippen LogP) is 2.31. The van der Waals surface area contributed by atoms with Gasteiger partial charge in [-0.15, -0.1) is 0 Å². The van der Waals surface area contributed by atoms with Crippen LogP contribution in [-0.2, 0) is 5.54 Å². The lowest BCUT2D eigenvalue weighted by Crippen LogP contribution is -2.37. The second kappa shape index (κ2) is 3.29. The molecule has 0 radical (unpaired) electrons. The third-order valence-corrected chi connectivity index (χ3v) is 2.76. The Bertz CT molecular complexity index is 367. The highest BCUT2D eigenvalue weighted by Gasteiger charge is 2.28. The monoisotopic (exact) mass is 186 g/mol. The van der Waals surface area contributed by atoms with Gasteiger partial charge in [0.05, 0.1) is 11.2 Å². The predicted molar refractivity (Wildman–Crippen MR) is 57.6 cm³/mol. The molecular weight excluding hydrogens is 172 g/mol. The zero-order chi connectivity index (χ0) is 10.0. The summed E-state index contributed by atoms with van der Waals surface area (Å²) in [6, 6.07) is 6.02. The number of likely N-dealkylation sites (N-methyl/N-ethyl adjacent to an activating group) is 1. The number of hydrogen-bond donors (Lipinski definition) is 0. The minimum absolute atomic E-state index is 0.115. The van der Waals surface area contributed by atoms with Gasteiger partial charge in [0.1, 0.15) is 0 Å². The molecule has 2 nitrogen and oxygen atoms in total. The van der Waals surface area contributed by atoms with Gasteiger partial charge in [0, 0.05) is 13.2 Å². The minimum Gasteiger partial charge on any atom is -0.366 e. The van der Waals surface area contributed by atoms with Crippen LogP contribution in [0.25, 0.3) is 0 Å². The van der Waals surface area contributed by atoms with Crippen LogP contribution in [0.4, 0.5) is 0 Å². The first kappa shape index (κ1) is 9.00.